The second kappa shape index (κ2) is 7.91. The van der Waals surface area contributed by atoms with Gasteiger partial charge in [0.15, 0.2) is 0 Å². The molecule has 2 aromatic rings. The Bertz CT molecular complexity index is 525. The van der Waals surface area contributed by atoms with Crippen LogP contribution in [0.5, 0.6) is 0 Å². The summed E-state index contributed by atoms with van der Waals surface area (Å²) in [4.78, 5) is 2.37. The summed E-state index contributed by atoms with van der Waals surface area (Å²) in [6.07, 6.45) is 0.896. The van der Waals surface area contributed by atoms with Gasteiger partial charge < -0.3 is 5.73 Å². The van der Waals surface area contributed by atoms with Gasteiger partial charge in [-0.1, -0.05) is 42.5 Å². The Labute approximate surface area is 126 Å². The van der Waals surface area contributed by atoms with Gasteiger partial charge in [0, 0.05) is 25.7 Å². The molecule has 0 aliphatic rings. The molecule has 2 aromatic carbocycles. The molecule has 1 unspecified atom stereocenters. The number of benzene rings is 2. The highest BCUT2D eigenvalue weighted by molar-refractivity contribution is 5.18. The highest BCUT2D eigenvalue weighted by Crippen LogP contribution is 2.13. The third kappa shape index (κ3) is 4.96. The predicted octanol–water partition coefficient (Wildman–Crippen LogP) is 3.22. The van der Waals surface area contributed by atoms with Gasteiger partial charge in [-0.05, 0) is 36.6 Å². The van der Waals surface area contributed by atoms with Crippen LogP contribution in [0.1, 0.15) is 18.1 Å². The molecule has 2 rings (SSSR count). The molecule has 0 fully saturated rings. The lowest BCUT2D eigenvalue weighted by Crippen LogP contribution is -2.37. The summed E-state index contributed by atoms with van der Waals surface area (Å²) in [6.45, 7) is 4.58. The smallest absolute Gasteiger partial charge is 0.123 e. The van der Waals surface area contributed by atoms with Crippen molar-refractivity contribution in [1.29, 1.82) is 0 Å². The van der Waals surface area contributed by atoms with E-state index in [-0.39, 0.29) is 5.82 Å². The van der Waals surface area contributed by atoms with Crippen molar-refractivity contribution < 1.29 is 4.39 Å². The Balaban J connectivity index is 2.01. The molecule has 0 aliphatic carbocycles. The minimum absolute atomic E-state index is 0.186. The van der Waals surface area contributed by atoms with Gasteiger partial charge in [0.05, 0.1) is 0 Å². The van der Waals surface area contributed by atoms with Gasteiger partial charge in [-0.2, -0.15) is 0 Å². The molecule has 21 heavy (non-hydrogen) atoms. The van der Waals surface area contributed by atoms with E-state index in [4.69, 9.17) is 5.73 Å². The third-order valence-corrected chi connectivity index (χ3v) is 3.71. The molecule has 0 heterocycles. The summed E-state index contributed by atoms with van der Waals surface area (Å²) >= 11 is 0. The van der Waals surface area contributed by atoms with E-state index in [9.17, 15) is 4.39 Å². The van der Waals surface area contributed by atoms with E-state index in [1.807, 2.05) is 18.2 Å². The fraction of sp³-hybridized carbons (Fsp3) is 0.333. The minimum Gasteiger partial charge on any atom is -0.329 e. The molecule has 0 radical (unpaired) electrons. The zero-order valence-corrected chi connectivity index (χ0v) is 12.5. The van der Waals surface area contributed by atoms with Crippen molar-refractivity contribution in [3.05, 3.63) is 71.5 Å². The van der Waals surface area contributed by atoms with Crippen LogP contribution in [0.25, 0.3) is 0 Å². The van der Waals surface area contributed by atoms with E-state index >= 15 is 0 Å². The lowest BCUT2D eigenvalue weighted by atomic mass is 10.0. The molecule has 0 spiro atoms. The van der Waals surface area contributed by atoms with Crippen molar-refractivity contribution in [1.82, 2.24) is 4.90 Å². The largest absolute Gasteiger partial charge is 0.329 e. The number of nitrogens with two attached hydrogens (primary N) is 1. The molecule has 2 nitrogen and oxygen atoms in total. The molecule has 112 valence electrons. The first-order chi connectivity index (χ1) is 10.2. The fourth-order valence-electron chi connectivity index (χ4n) is 2.53. The van der Waals surface area contributed by atoms with Crippen LogP contribution >= 0.6 is 0 Å². The Morgan fingerprint density at radius 2 is 1.67 bits per heavy atom. The molecule has 0 aliphatic heterocycles. The number of nitrogens with zero attached hydrogens (tertiary/aromatic N) is 1. The molecular formula is C18H23FN2. The van der Waals surface area contributed by atoms with Crippen molar-refractivity contribution in [3.8, 4) is 0 Å². The normalized spacial score (nSPS) is 12.6. The van der Waals surface area contributed by atoms with Crippen LogP contribution in [0.15, 0.2) is 54.6 Å². The lowest BCUT2D eigenvalue weighted by molar-refractivity contribution is 0.204. The van der Waals surface area contributed by atoms with Gasteiger partial charge in [0.2, 0.25) is 0 Å². The van der Waals surface area contributed by atoms with Gasteiger partial charge in [0.1, 0.15) is 5.82 Å². The zero-order valence-electron chi connectivity index (χ0n) is 12.5. The van der Waals surface area contributed by atoms with Crippen molar-refractivity contribution in [2.75, 3.05) is 13.1 Å². The SMILES string of the molecule is CC(Cc1ccc(F)cc1)N(CCN)Cc1ccccc1. The summed E-state index contributed by atoms with van der Waals surface area (Å²) in [7, 11) is 0. The Kier molecular flexibility index (Phi) is 5.90. The number of hydrogen-bond donors (Lipinski definition) is 1. The van der Waals surface area contributed by atoms with E-state index in [0.717, 1.165) is 25.1 Å². The maximum Gasteiger partial charge on any atom is 0.123 e. The molecule has 0 bridgehead atoms. The highest BCUT2D eigenvalue weighted by atomic mass is 19.1. The highest BCUT2D eigenvalue weighted by Gasteiger charge is 2.14. The van der Waals surface area contributed by atoms with Crippen LogP contribution in [0.2, 0.25) is 0 Å². The van der Waals surface area contributed by atoms with Crippen molar-refractivity contribution in [2.24, 2.45) is 5.73 Å². The zero-order chi connectivity index (χ0) is 15.1. The van der Waals surface area contributed by atoms with Crippen LogP contribution in [0.3, 0.4) is 0 Å². The van der Waals surface area contributed by atoms with Gasteiger partial charge in [-0.3, -0.25) is 4.90 Å². The first-order valence-electron chi connectivity index (χ1n) is 7.41. The third-order valence-electron chi connectivity index (χ3n) is 3.71. The van der Waals surface area contributed by atoms with Crippen molar-refractivity contribution in [2.45, 2.75) is 25.9 Å². The van der Waals surface area contributed by atoms with Crippen LogP contribution in [0, 0.1) is 5.82 Å². The van der Waals surface area contributed by atoms with E-state index in [1.54, 1.807) is 0 Å². The predicted molar refractivity (Wildman–Crippen MR) is 85.5 cm³/mol. The van der Waals surface area contributed by atoms with Crippen LogP contribution in [-0.4, -0.2) is 24.0 Å². The fourth-order valence-corrected chi connectivity index (χ4v) is 2.53. The number of rotatable bonds is 7. The van der Waals surface area contributed by atoms with Gasteiger partial charge in [0.25, 0.3) is 0 Å². The van der Waals surface area contributed by atoms with Crippen molar-refractivity contribution >= 4 is 0 Å². The van der Waals surface area contributed by atoms with Crippen LogP contribution in [0.4, 0.5) is 4.39 Å². The summed E-state index contributed by atoms with van der Waals surface area (Å²) in [5.41, 5.74) is 8.18. The van der Waals surface area contributed by atoms with Gasteiger partial charge in [-0.25, -0.2) is 4.39 Å². The topological polar surface area (TPSA) is 29.3 Å². The first kappa shape index (κ1) is 15.7. The van der Waals surface area contributed by atoms with Gasteiger partial charge in [-0.15, -0.1) is 0 Å². The van der Waals surface area contributed by atoms with E-state index < -0.39 is 0 Å². The quantitative estimate of drug-likeness (QED) is 0.847. The molecule has 1 atom stereocenters. The van der Waals surface area contributed by atoms with Crippen LogP contribution < -0.4 is 5.73 Å². The minimum atomic E-state index is -0.186. The maximum absolute atomic E-state index is 13.0. The lowest BCUT2D eigenvalue weighted by Gasteiger charge is -2.29. The summed E-state index contributed by atoms with van der Waals surface area (Å²) in [6, 6.07) is 17.5. The van der Waals surface area contributed by atoms with E-state index in [2.05, 4.69) is 36.1 Å². The monoisotopic (exact) mass is 286 g/mol. The van der Waals surface area contributed by atoms with Gasteiger partial charge >= 0.3 is 0 Å². The second-order valence-corrected chi connectivity index (χ2v) is 5.42. The summed E-state index contributed by atoms with van der Waals surface area (Å²) < 4.78 is 13.0. The Morgan fingerprint density at radius 1 is 1.00 bits per heavy atom. The summed E-state index contributed by atoms with van der Waals surface area (Å²) in [5, 5.41) is 0. The molecule has 0 saturated carbocycles. The molecule has 0 amide bonds. The van der Waals surface area contributed by atoms with E-state index in [1.165, 1.54) is 17.7 Å². The average molecular weight is 286 g/mol. The average Bonchev–Trinajstić information content (AvgIpc) is 2.50. The molecule has 0 saturated heterocycles. The first-order valence-corrected chi connectivity index (χ1v) is 7.41. The number of hydrogen-bond acceptors (Lipinski definition) is 2. The van der Waals surface area contributed by atoms with E-state index in [0.29, 0.717) is 12.6 Å². The molecular weight excluding hydrogens is 263 g/mol. The molecule has 0 aromatic heterocycles. The summed E-state index contributed by atoms with van der Waals surface area (Å²) in [5.74, 6) is -0.186. The maximum atomic E-state index is 13.0. The Morgan fingerprint density at radius 3 is 2.29 bits per heavy atom. The molecule has 3 heteroatoms. The second-order valence-electron chi connectivity index (χ2n) is 5.42. The number of halogens is 1. The van der Waals surface area contributed by atoms with Crippen LogP contribution in [-0.2, 0) is 13.0 Å². The van der Waals surface area contributed by atoms with Crippen molar-refractivity contribution in [3.63, 3.8) is 0 Å². The standard InChI is InChI=1S/C18H23FN2/c1-15(13-16-7-9-18(19)10-8-16)21(12-11-20)14-17-5-3-2-4-6-17/h2-10,15H,11-14,20H2,1H3. The Hall–Kier alpha value is -1.71. The molecule has 2 N–H and O–H groups in total.